The first-order valence-corrected chi connectivity index (χ1v) is 8.08. The average Bonchev–Trinajstić information content (AvgIpc) is 2.80. The van der Waals surface area contributed by atoms with E-state index in [4.69, 9.17) is 4.74 Å². The van der Waals surface area contributed by atoms with Gasteiger partial charge in [0.1, 0.15) is 11.4 Å². The number of nitrogens with zero attached hydrogens (tertiary/aromatic N) is 2. The first-order valence-electron chi connectivity index (χ1n) is 7.27. The second-order valence-electron chi connectivity index (χ2n) is 4.89. The molecule has 0 saturated carbocycles. The monoisotopic (exact) mass is 338 g/mol. The molecule has 0 aliphatic rings. The van der Waals surface area contributed by atoms with Gasteiger partial charge in [-0.15, -0.1) is 0 Å². The molecule has 0 aliphatic carbocycles. The van der Waals surface area contributed by atoms with Crippen molar-refractivity contribution in [2.24, 2.45) is 4.99 Å². The fraction of sp³-hybridized carbons (Fsp3) is 0.375. The molecule has 0 atom stereocenters. The molecule has 0 unspecified atom stereocenters. The quantitative estimate of drug-likeness (QED) is 0.824. The molecule has 0 fully saturated rings. The number of ether oxygens (including phenoxy) is 1. The summed E-state index contributed by atoms with van der Waals surface area (Å²) in [6, 6.07) is 4.46. The average molecular weight is 338 g/mol. The standard InChI is InChI=1S/C16H19FN2O3S/c1-4-22-12-5-6-14(13(17)9-12)18-16-19(7-8-20)10(2)15(23-16)11(3)21/h5-6,9,20H,4,7-8H2,1-3H3. The molecule has 2 rings (SSSR count). The maximum atomic E-state index is 14.1. The lowest BCUT2D eigenvalue weighted by atomic mass is 10.3. The Morgan fingerprint density at radius 1 is 1.48 bits per heavy atom. The molecule has 0 spiro atoms. The van der Waals surface area contributed by atoms with Gasteiger partial charge < -0.3 is 14.4 Å². The van der Waals surface area contributed by atoms with Gasteiger partial charge >= 0.3 is 0 Å². The highest BCUT2D eigenvalue weighted by molar-refractivity contribution is 7.11. The predicted molar refractivity (Wildman–Crippen MR) is 86.9 cm³/mol. The van der Waals surface area contributed by atoms with E-state index >= 15 is 0 Å². The van der Waals surface area contributed by atoms with Gasteiger partial charge in [-0.05, 0) is 26.0 Å². The van der Waals surface area contributed by atoms with E-state index in [2.05, 4.69) is 4.99 Å². The molecule has 1 N–H and O–H groups in total. The number of carbonyl (C=O) groups excluding carboxylic acids is 1. The lowest BCUT2D eigenvalue weighted by molar-refractivity contribution is 0.102. The van der Waals surface area contributed by atoms with E-state index in [-0.39, 0.29) is 18.1 Å². The van der Waals surface area contributed by atoms with Gasteiger partial charge in [0.15, 0.2) is 16.4 Å². The summed E-state index contributed by atoms with van der Waals surface area (Å²) in [5, 5.41) is 9.20. The Kier molecular flexibility index (Phi) is 5.68. The molecule has 7 heteroatoms. The van der Waals surface area contributed by atoms with Crippen LogP contribution in [0.1, 0.15) is 29.2 Å². The third-order valence-electron chi connectivity index (χ3n) is 3.25. The molecule has 1 heterocycles. The van der Waals surface area contributed by atoms with Crippen LogP contribution in [0.2, 0.25) is 0 Å². The van der Waals surface area contributed by atoms with Crippen LogP contribution in [0.25, 0.3) is 0 Å². The fourth-order valence-corrected chi connectivity index (χ4v) is 3.26. The number of ketones is 1. The highest BCUT2D eigenvalue weighted by atomic mass is 32.1. The predicted octanol–water partition coefficient (Wildman–Crippen LogP) is 2.82. The number of Topliss-reactive ketones (excluding diaryl/α,β-unsaturated/α-hetero) is 1. The zero-order valence-corrected chi connectivity index (χ0v) is 14.1. The van der Waals surface area contributed by atoms with Gasteiger partial charge in [-0.2, -0.15) is 0 Å². The van der Waals surface area contributed by atoms with E-state index in [0.29, 0.717) is 28.6 Å². The van der Waals surface area contributed by atoms with Crippen LogP contribution in [0, 0.1) is 12.7 Å². The van der Waals surface area contributed by atoms with E-state index in [1.54, 1.807) is 17.6 Å². The number of aliphatic hydroxyl groups is 1. The third kappa shape index (κ3) is 3.86. The lowest BCUT2D eigenvalue weighted by Crippen LogP contribution is -2.18. The molecular formula is C16H19FN2O3S. The number of aliphatic hydroxyl groups excluding tert-OH is 1. The van der Waals surface area contributed by atoms with Gasteiger partial charge in [0.2, 0.25) is 0 Å². The Labute approximate surface area is 137 Å². The molecule has 2 aromatic rings. The Morgan fingerprint density at radius 3 is 2.78 bits per heavy atom. The minimum Gasteiger partial charge on any atom is -0.494 e. The van der Waals surface area contributed by atoms with Gasteiger partial charge in [-0.3, -0.25) is 4.79 Å². The number of hydrogen-bond acceptors (Lipinski definition) is 5. The highest BCUT2D eigenvalue weighted by Crippen LogP contribution is 2.23. The van der Waals surface area contributed by atoms with Gasteiger partial charge in [0, 0.05) is 25.2 Å². The molecule has 0 amide bonds. The SMILES string of the molecule is CCOc1ccc(N=c2sc(C(C)=O)c(C)n2CCO)c(F)c1. The van der Waals surface area contributed by atoms with Gasteiger partial charge in [0.05, 0.1) is 18.1 Å². The van der Waals surface area contributed by atoms with Crippen molar-refractivity contribution in [3.63, 3.8) is 0 Å². The molecule has 0 bridgehead atoms. The van der Waals surface area contributed by atoms with Crippen molar-refractivity contribution in [2.45, 2.75) is 27.3 Å². The smallest absolute Gasteiger partial charge is 0.190 e. The molecule has 0 saturated heterocycles. The number of thiazole rings is 1. The van der Waals surface area contributed by atoms with Crippen molar-refractivity contribution in [3.05, 3.63) is 39.4 Å². The first-order chi connectivity index (χ1) is 11.0. The van der Waals surface area contributed by atoms with E-state index in [0.717, 1.165) is 5.69 Å². The summed E-state index contributed by atoms with van der Waals surface area (Å²) in [6.45, 7) is 5.75. The number of benzene rings is 1. The third-order valence-corrected chi connectivity index (χ3v) is 4.53. The van der Waals surface area contributed by atoms with Crippen molar-refractivity contribution >= 4 is 22.8 Å². The second kappa shape index (κ2) is 7.52. The number of rotatable bonds is 6. The van der Waals surface area contributed by atoms with Crippen LogP contribution in [-0.2, 0) is 6.54 Å². The molecule has 1 aromatic carbocycles. The number of aromatic nitrogens is 1. The fourth-order valence-electron chi connectivity index (χ4n) is 2.20. The number of hydrogen-bond donors (Lipinski definition) is 1. The van der Waals surface area contributed by atoms with Gasteiger partial charge in [0.25, 0.3) is 0 Å². The molecule has 124 valence electrons. The van der Waals surface area contributed by atoms with Crippen LogP contribution < -0.4 is 9.54 Å². The van der Waals surface area contributed by atoms with Crippen LogP contribution in [-0.4, -0.2) is 28.7 Å². The molecule has 5 nitrogen and oxygen atoms in total. The summed E-state index contributed by atoms with van der Waals surface area (Å²) in [5.41, 5.74) is 0.887. The first kappa shape index (κ1) is 17.4. The second-order valence-corrected chi connectivity index (χ2v) is 5.87. The van der Waals surface area contributed by atoms with Crippen molar-refractivity contribution < 1.29 is 19.0 Å². The minimum atomic E-state index is -0.498. The molecular weight excluding hydrogens is 319 g/mol. The maximum absolute atomic E-state index is 14.1. The van der Waals surface area contributed by atoms with Gasteiger partial charge in [-0.1, -0.05) is 11.3 Å². The number of halogens is 1. The van der Waals surface area contributed by atoms with Crippen LogP contribution in [0.15, 0.2) is 23.2 Å². The van der Waals surface area contributed by atoms with E-state index in [1.807, 2.05) is 6.92 Å². The Morgan fingerprint density at radius 2 is 2.22 bits per heavy atom. The zero-order chi connectivity index (χ0) is 17.0. The topological polar surface area (TPSA) is 63.8 Å². The normalized spacial score (nSPS) is 11.8. The molecule has 0 radical (unpaired) electrons. The van der Waals surface area contributed by atoms with Gasteiger partial charge in [-0.25, -0.2) is 9.38 Å². The van der Waals surface area contributed by atoms with Crippen LogP contribution in [0.5, 0.6) is 5.75 Å². The Hall–Kier alpha value is -1.99. The van der Waals surface area contributed by atoms with Crippen molar-refractivity contribution in [2.75, 3.05) is 13.2 Å². The maximum Gasteiger partial charge on any atom is 0.190 e. The summed E-state index contributed by atoms with van der Waals surface area (Å²) in [4.78, 5) is 17.0. The molecule has 23 heavy (non-hydrogen) atoms. The highest BCUT2D eigenvalue weighted by Gasteiger charge is 2.13. The Balaban J connectivity index is 2.54. The lowest BCUT2D eigenvalue weighted by Gasteiger charge is -2.05. The van der Waals surface area contributed by atoms with Crippen LogP contribution >= 0.6 is 11.3 Å². The number of carbonyl (C=O) groups is 1. The summed E-state index contributed by atoms with van der Waals surface area (Å²) in [7, 11) is 0. The summed E-state index contributed by atoms with van der Waals surface area (Å²) in [6.07, 6.45) is 0. The zero-order valence-electron chi connectivity index (χ0n) is 13.3. The van der Waals surface area contributed by atoms with Crippen LogP contribution in [0.4, 0.5) is 10.1 Å². The minimum absolute atomic E-state index is 0.0761. The molecule has 1 aromatic heterocycles. The molecule has 0 aliphatic heterocycles. The van der Waals surface area contributed by atoms with E-state index in [9.17, 15) is 14.3 Å². The van der Waals surface area contributed by atoms with Crippen LogP contribution in [0.3, 0.4) is 0 Å². The van der Waals surface area contributed by atoms with Crippen molar-refractivity contribution in [1.29, 1.82) is 0 Å². The largest absolute Gasteiger partial charge is 0.494 e. The summed E-state index contributed by atoms with van der Waals surface area (Å²) < 4.78 is 21.1. The summed E-state index contributed by atoms with van der Waals surface area (Å²) in [5.74, 6) is -0.131. The van der Waals surface area contributed by atoms with Crippen molar-refractivity contribution in [3.8, 4) is 5.75 Å². The Bertz CT molecular complexity index is 780. The summed E-state index contributed by atoms with van der Waals surface area (Å²) >= 11 is 1.19. The van der Waals surface area contributed by atoms with E-state index in [1.165, 1.54) is 30.4 Å². The van der Waals surface area contributed by atoms with Crippen molar-refractivity contribution in [1.82, 2.24) is 4.57 Å². The van der Waals surface area contributed by atoms with E-state index < -0.39 is 5.82 Å².